The summed E-state index contributed by atoms with van der Waals surface area (Å²) in [6.07, 6.45) is -0.620. The molecule has 1 N–H and O–H groups in total. The van der Waals surface area contributed by atoms with Gasteiger partial charge in [-0.1, -0.05) is 42.5 Å². The van der Waals surface area contributed by atoms with Gasteiger partial charge in [0, 0.05) is 0 Å². The van der Waals surface area contributed by atoms with E-state index >= 15 is 0 Å². The minimum absolute atomic E-state index is 0.620. The minimum Gasteiger partial charge on any atom is -0.497 e. The van der Waals surface area contributed by atoms with Crippen molar-refractivity contribution in [3.05, 3.63) is 71.3 Å². The van der Waals surface area contributed by atoms with E-state index in [9.17, 15) is 5.11 Å². The van der Waals surface area contributed by atoms with Crippen molar-refractivity contribution < 1.29 is 9.84 Å². The van der Waals surface area contributed by atoms with Crippen LogP contribution in [0.25, 0.3) is 5.57 Å². The average Bonchev–Trinajstić information content (AvgIpc) is 2.53. The van der Waals surface area contributed by atoms with E-state index in [4.69, 9.17) is 4.74 Å². The molecule has 1 atom stereocenters. The Bertz CT molecular complexity index is 600. The van der Waals surface area contributed by atoms with Crippen LogP contribution in [-0.4, -0.2) is 12.2 Å². The lowest BCUT2D eigenvalue weighted by atomic mass is 9.95. The maximum atomic E-state index is 10.5. The molecule has 0 aromatic heterocycles. The Morgan fingerprint density at radius 2 is 1.70 bits per heavy atom. The Kier molecular flexibility index (Phi) is 4.59. The highest BCUT2D eigenvalue weighted by atomic mass is 16.5. The molecule has 104 valence electrons. The quantitative estimate of drug-likeness (QED) is 0.899. The number of allylic oxidation sites excluding steroid dienone is 1. The van der Waals surface area contributed by atoms with E-state index in [-0.39, 0.29) is 0 Å². The highest BCUT2D eigenvalue weighted by molar-refractivity contribution is 5.67. The Morgan fingerprint density at radius 1 is 1.00 bits per heavy atom. The zero-order valence-electron chi connectivity index (χ0n) is 12.1. The van der Waals surface area contributed by atoms with Crippen LogP contribution in [0.1, 0.15) is 31.1 Å². The number of hydrogen-bond acceptors (Lipinski definition) is 2. The SMILES string of the molecule is COc1cccc([C@@H](O)/C(C)=C(\C)c2ccccc2)c1. The summed E-state index contributed by atoms with van der Waals surface area (Å²) in [5.74, 6) is 0.756. The number of aliphatic hydroxyl groups excluding tert-OH is 1. The monoisotopic (exact) mass is 268 g/mol. The van der Waals surface area contributed by atoms with Crippen molar-refractivity contribution in [3.8, 4) is 5.75 Å². The second-order valence-electron chi connectivity index (χ2n) is 4.85. The van der Waals surface area contributed by atoms with Crippen LogP contribution >= 0.6 is 0 Å². The predicted octanol–water partition coefficient (Wildman–Crippen LogP) is 4.22. The van der Waals surface area contributed by atoms with Crippen molar-refractivity contribution in [3.63, 3.8) is 0 Å². The first kappa shape index (κ1) is 14.4. The van der Waals surface area contributed by atoms with Crippen molar-refractivity contribution in [2.45, 2.75) is 20.0 Å². The van der Waals surface area contributed by atoms with Crippen molar-refractivity contribution in [2.24, 2.45) is 0 Å². The smallest absolute Gasteiger partial charge is 0.119 e. The van der Waals surface area contributed by atoms with Gasteiger partial charge in [0.15, 0.2) is 0 Å². The third-order valence-electron chi connectivity index (χ3n) is 3.62. The van der Waals surface area contributed by atoms with Crippen LogP contribution in [0.3, 0.4) is 0 Å². The summed E-state index contributed by atoms with van der Waals surface area (Å²) < 4.78 is 5.20. The van der Waals surface area contributed by atoms with Crippen molar-refractivity contribution in [1.82, 2.24) is 0 Å². The minimum atomic E-state index is -0.620. The molecule has 0 saturated heterocycles. The van der Waals surface area contributed by atoms with Gasteiger partial charge in [0.2, 0.25) is 0 Å². The molecular weight excluding hydrogens is 248 g/mol. The van der Waals surface area contributed by atoms with E-state index in [2.05, 4.69) is 12.1 Å². The summed E-state index contributed by atoms with van der Waals surface area (Å²) in [6, 6.07) is 17.6. The summed E-state index contributed by atoms with van der Waals surface area (Å²) in [7, 11) is 1.63. The Labute approximate surface area is 120 Å². The normalized spacial score (nSPS) is 13.6. The number of methoxy groups -OCH3 is 1. The lowest BCUT2D eigenvalue weighted by Gasteiger charge is -2.16. The molecular formula is C18H20O2. The molecule has 20 heavy (non-hydrogen) atoms. The van der Waals surface area contributed by atoms with Crippen LogP contribution < -0.4 is 4.74 Å². The molecule has 0 radical (unpaired) electrons. The standard InChI is InChI=1S/C18H20O2/c1-13(15-8-5-4-6-9-15)14(2)18(19)16-10-7-11-17(12-16)20-3/h4-12,18-19H,1-3H3/b14-13+/t18-/m0/s1. The van der Waals surface area contributed by atoms with Crippen LogP contribution in [0.2, 0.25) is 0 Å². The second kappa shape index (κ2) is 6.40. The lowest BCUT2D eigenvalue weighted by Crippen LogP contribution is -2.01. The van der Waals surface area contributed by atoms with Gasteiger partial charge < -0.3 is 9.84 Å². The van der Waals surface area contributed by atoms with Crippen molar-refractivity contribution >= 4 is 5.57 Å². The zero-order chi connectivity index (χ0) is 14.5. The second-order valence-corrected chi connectivity index (χ2v) is 4.85. The first-order valence-corrected chi connectivity index (χ1v) is 6.68. The van der Waals surface area contributed by atoms with Gasteiger partial charge in [-0.15, -0.1) is 0 Å². The average molecular weight is 268 g/mol. The topological polar surface area (TPSA) is 29.5 Å². The molecule has 2 heteroatoms. The van der Waals surface area contributed by atoms with Gasteiger partial charge >= 0.3 is 0 Å². The van der Waals surface area contributed by atoms with Gasteiger partial charge in [-0.3, -0.25) is 0 Å². The largest absolute Gasteiger partial charge is 0.497 e. The summed E-state index contributed by atoms with van der Waals surface area (Å²) >= 11 is 0. The molecule has 0 bridgehead atoms. The fourth-order valence-corrected chi connectivity index (χ4v) is 2.18. The molecule has 0 amide bonds. The maximum Gasteiger partial charge on any atom is 0.119 e. The molecule has 0 unspecified atom stereocenters. The third-order valence-corrected chi connectivity index (χ3v) is 3.62. The lowest BCUT2D eigenvalue weighted by molar-refractivity contribution is 0.216. The van der Waals surface area contributed by atoms with Gasteiger partial charge in [-0.25, -0.2) is 0 Å². The molecule has 2 nitrogen and oxygen atoms in total. The summed E-state index contributed by atoms with van der Waals surface area (Å²) in [4.78, 5) is 0. The number of hydrogen-bond donors (Lipinski definition) is 1. The molecule has 0 fully saturated rings. The van der Waals surface area contributed by atoms with Crippen molar-refractivity contribution in [2.75, 3.05) is 7.11 Å². The molecule has 0 heterocycles. The van der Waals surface area contributed by atoms with Gasteiger partial charge in [0.1, 0.15) is 11.9 Å². The summed E-state index contributed by atoms with van der Waals surface area (Å²) in [5, 5.41) is 10.5. The first-order chi connectivity index (χ1) is 9.63. The first-order valence-electron chi connectivity index (χ1n) is 6.68. The number of ether oxygens (including phenoxy) is 1. The Hall–Kier alpha value is -2.06. The van der Waals surface area contributed by atoms with E-state index in [1.54, 1.807) is 7.11 Å². The highest BCUT2D eigenvalue weighted by Gasteiger charge is 2.13. The fraction of sp³-hybridized carbons (Fsp3) is 0.222. The third kappa shape index (κ3) is 3.09. The van der Waals surface area contributed by atoms with E-state index in [0.29, 0.717) is 0 Å². The summed E-state index contributed by atoms with van der Waals surface area (Å²) in [5.41, 5.74) is 4.02. The Morgan fingerprint density at radius 3 is 2.35 bits per heavy atom. The summed E-state index contributed by atoms with van der Waals surface area (Å²) in [6.45, 7) is 4.00. The van der Waals surface area contributed by atoms with Gasteiger partial charge in [0.25, 0.3) is 0 Å². The van der Waals surface area contributed by atoms with Gasteiger partial charge in [-0.2, -0.15) is 0 Å². The van der Waals surface area contributed by atoms with Crippen molar-refractivity contribution in [1.29, 1.82) is 0 Å². The maximum absolute atomic E-state index is 10.5. The fourth-order valence-electron chi connectivity index (χ4n) is 2.18. The van der Waals surface area contributed by atoms with E-state index in [1.807, 2.05) is 56.3 Å². The molecule has 0 aliphatic carbocycles. The molecule has 2 aromatic rings. The highest BCUT2D eigenvalue weighted by Crippen LogP contribution is 2.29. The predicted molar refractivity (Wildman–Crippen MR) is 82.7 cm³/mol. The van der Waals surface area contributed by atoms with Crippen LogP contribution in [0.4, 0.5) is 0 Å². The molecule has 2 rings (SSSR count). The number of benzene rings is 2. The van der Waals surface area contributed by atoms with E-state index in [0.717, 1.165) is 28.0 Å². The molecule has 0 aliphatic rings. The van der Waals surface area contributed by atoms with Crippen LogP contribution in [0, 0.1) is 0 Å². The van der Waals surface area contributed by atoms with E-state index in [1.165, 1.54) is 0 Å². The van der Waals surface area contributed by atoms with Gasteiger partial charge in [0.05, 0.1) is 7.11 Å². The van der Waals surface area contributed by atoms with Crippen LogP contribution in [-0.2, 0) is 0 Å². The molecule has 2 aromatic carbocycles. The van der Waals surface area contributed by atoms with E-state index < -0.39 is 6.10 Å². The number of aliphatic hydroxyl groups is 1. The number of rotatable bonds is 4. The van der Waals surface area contributed by atoms with Gasteiger partial charge in [-0.05, 0) is 48.3 Å². The molecule has 0 saturated carbocycles. The van der Waals surface area contributed by atoms with Crippen LogP contribution in [0.5, 0.6) is 5.75 Å². The zero-order valence-corrected chi connectivity index (χ0v) is 12.1. The van der Waals surface area contributed by atoms with Crippen LogP contribution in [0.15, 0.2) is 60.2 Å². The molecule has 0 aliphatic heterocycles. The molecule has 0 spiro atoms. The Balaban J connectivity index is 2.34.